The highest BCUT2D eigenvalue weighted by Gasteiger charge is 2.44. The van der Waals surface area contributed by atoms with E-state index in [1.54, 1.807) is 0 Å². The van der Waals surface area contributed by atoms with Gasteiger partial charge in [-0.2, -0.15) is 0 Å². The number of rotatable bonds is 10. The van der Waals surface area contributed by atoms with Gasteiger partial charge in [0.25, 0.3) is 0 Å². The topological polar surface area (TPSA) is 203 Å². The molecule has 212 valence electrons. The lowest BCUT2D eigenvalue weighted by Gasteiger charge is -2.39. The van der Waals surface area contributed by atoms with Gasteiger partial charge in [0.05, 0.1) is 12.2 Å². The number of aliphatic hydroxyl groups excluding tert-OH is 4. The fourth-order valence-corrected chi connectivity index (χ4v) is 3.87. The van der Waals surface area contributed by atoms with Gasteiger partial charge in [0.2, 0.25) is 6.29 Å². The molecule has 39 heavy (non-hydrogen) atoms. The molecule has 2 aromatic carbocycles. The van der Waals surface area contributed by atoms with E-state index in [4.69, 9.17) is 14.2 Å². The summed E-state index contributed by atoms with van der Waals surface area (Å²) in [5.41, 5.74) is -0.868. The van der Waals surface area contributed by atoms with Crippen LogP contribution in [0, 0.1) is 5.92 Å². The van der Waals surface area contributed by atoms with E-state index in [1.165, 1.54) is 62.4 Å². The number of phenolic OH excluding ortho intramolecular Hbond substituents is 2. The zero-order chi connectivity index (χ0) is 28.9. The van der Waals surface area contributed by atoms with E-state index in [0.717, 1.165) is 6.08 Å². The molecule has 0 radical (unpaired) electrons. The molecule has 1 saturated heterocycles. The number of phenols is 2. The number of ketones is 1. The minimum Gasteiger partial charge on any atom is -0.504 e. The number of ether oxygens (including phenoxy) is 3. The third-order valence-electron chi connectivity index (χ3n) is 6.07. The Labute approximate surface area is 223 Å². The quantitative estimate of drug-likeness (QED) is 0.0907. The molecule has 7 N–H and O–H groups in total. The number of carbonyl (C=O) groups is 2. The van der Waals surface area contributed by atoms with Crippen molar-refractivity contribution in [2.24, 2.45) is 5.92 Å². The van der Waals surface area contributed by atoms with Gasteiger partial charge in [0, 0.05) is 0 Å². The number of esters is 1. The predicted molar refractivity (Wildman–Crippen MR) is 134 cm³/mol. The van der Waals surface area contributed by atoms with E-state index in [0.29, 0.717) is 11.1 Å². The summed E-state index contributed by atoms with van der Waals surface area (Å²) in [6.45, 7) is 1.75. The molecule has 0 spiro atoms. The number of carbonyl (C=O) groups excluding carboxylic acids is 2. The van der Waals surface area contributed by atoms with Crippen molar-refractivity contribution in [3.8, 4) is 17.2 Å². The first kappa shape index (κ1) is 30.0. The smallest absolute Gasteiger partial charge is 0.320 e. The molecular weight excluding hydrogens is 516 g/mol. The Morgan fingerprint density at radius 1 is 1.00 bits per heavy atom. The number of benzene rings is 2. The van der Waals surface area contributed by atoms with Crippen molar-refractivity contribution >= 4 is 17.8 Å². The van der Waals surface area contributed by atoms with Gasteiger partial charge < -0.3 is 50.0 Å². The highest BCUT2D eigenvalue weighted by Crippen LogP contribution is 2.27. The Hall–Kier alpha value is -3.52. The molecule has 6 atom stereocenters. The van der Waals surface area contributed by atoms with Gasteiger partial charge >= 0.3 is 5.97 Å². The third-order valence-corrected chi connectivity index (χ3v) is 6.07. The van der Waals surface area contributed by atoms with Gasteiger partial charge in [-0.05, 0) is 55.3 Å². The molecule has 1 fully saturated rings. The van der Waals surface area contributed by atoms with Crippen LogP contribution in [0.1, 0.15) is 25.0 Å². The van der Waals surface area contributed by atoms with E-state index in [1.807, 2.05) is 0 Å². The number of allylic oxidation sites excluding steroid dienone is 1. The minimum absolute atomic E-state index is 0.212. The summed E-state index contributed by atoms with van der Waals surface area (Å²) < 4.78 is 16.1. The van der Waals surface area contributed by atoms with Crippen LogP contribution in [-0.4, -0.2) is 90.4 Å². The molecule has 12 heteroatoms. The van der Waals surface area contributed by atoms with Crippen LogP contribution < -0.4 is 4.74 Å². The maximum atomic E-state index is 12.8. The molecule has 1 unspecified atom stereocenters. The van der Waals surface area contributed by atoms with Crippen molar-refractivity contribution in [3.63, 3.8) is 0 Å². The standard InChI is InChI=1S/C27H32O12/c1-27(2,36)21(18(30)10-6-14-5-9-17(29)19(31)11-14)25(35)37-13-15-3-7-16(8-4-15)38-26-24(34)23(33)22(32)20(12-28)39-26/h3-11,20-24,26,28-29,31-34,36H,12-13H2,1-2H3/b10-6+/t20-,21?,22-,23+,24-,26-/m1/s1. The number of hydrogen-bond donors (Lipinski definition) is 7. The van der Waals surface area contributed by atoms with Crippen LogP contribution >= 0.6 is 0 Å². The lowest BCUT2D eigenvalue weighted by Crippen LogP contribution is -2.60. The summed E-state index contributed by atoms with van der Waals surface area (Å²) >= 11 is 0. The first-order valence-electron chi connectivity index (χ1n) is 12.0. The first-order chi connectivity index (χ1) is 18.3. The SMILES string of the molecule is CC(C)(O)C(C(=O)/C=C/c1ccc(O)c(O)c1)C(=O)OCc1ccc(O[C@@H]2O[C@H](CO)[C@@H](O)[C@H](O)[C@H]2O)cc1. The molecule has 0 bridgehead atoms. The largest absolute Gasteiger partial charge is 0.504 e. The second kappa shape index (κ2) is 12.6. The van der Waals surface area contributed by atoms with Gasteiger partial charge in [0.15, 0.2) is 17.3 Å². The van der Waals surface area contributed by atoms with Crippen LogP contribution in [0.15, 0.2) is 48.5 Å². The Bertz CT molecular complexity index is 1170. The summed E-state index contributed by atoms with van der Waals surface area (Å²) in [7, 11) is 0. The molecular formula is C27H32O12. The van der Waals surface area contributed by atoms with Crippen molar-refractivity contribution in [2.45, 2.75) is 56.8 Å². The Balaban J connectivity index is 1.61. The first-order valence-corrected chi connectivity index (χ1v) is 12.0. The van der Waals surface area contributed by atoms with Gasteiger partial charge in [-0.15, -0.1) is 0 Å². The highest BCUT2D eigenvalue weighted by atomic mass is 16.7. The van der Waals surface area contributed by atoms with Gasteiger partial charge in [-0.25, -0.2) is 0 Å². The monoisotopic (exact) mass is 548 g/mol. The van der Waals surface area contributed by atoms with Crippen LogP contribution in [0.3, 0.4) is 0 Å². The van der Waals surface area contributed by atoms with Crippen LogP contribution in [0.25, 0.3) is 6.08 Å². The molecule has 0 saturated carbocycles. The molecule has 0 aromatic heterocycles. The van der Waals surface area contributed by atoms with Crippen molar-refractivity contribution in [1.82, 2.24) is 0 Å². The minimum atomic E-state index is -1.75. The Morgan fingerprint density at radius 2 is 1.67 bits per heavy atom. The van der Waals surface area contributed by atoms with Crippen LogP contribution in [0.2, 0.25) is 0 Å². The number of aliphatic hydroxyl groups is 5. The predicted octanol–water partition coefficient (Wildman–Crippen LogP) is -0.0107. The van der Waals surface area contributed by atoms with Crippen LogP contribution in [0.4, 0.5) is 0 Å². The van der Waals surface area contributed by atoms with E-state index in [-0.39, 0.29) is 23.9 Å². The van der Waals surface area contributed by atoms with E-state index >= 15 is 0 Å². The van der Waals surface area contributed by atoms with E-state index < -0.39 is 60.6 Å². The summed E-state index contributed by atoms with van der Waals surface area (Å²) in [6, 6.07) is 9.91. The number of hydrogen-bond acceptors (Lipinski definition) is 12. The second-order valence-corrected chi connectivity index (χ2v) is 9.64. The van der Waals surface area contributed by atoms with Crippen LogP contribution in [0.5, 0.6) is 17.2 Å². The zero-order valence-corrected chi connectivity index (χ0v) is 21.2. The molecule has 0 aliphatic carbocycles. The van der Waals surface area contributed by atoms with E-state index in [2.05, 4.69) is 0 Å². The average Bonchev–Trinajstić information content (AvgIpc) is 2.88. The van der Waals surface area contributed by atoms with Crippen molar-refractivity contribution in [2.75, 3.05) is 6.61 Å². The summed E-state index contributed by atoms with van der Waals surface area (Å²) in [5, 5.41) is 68.5. The molecule has 2 aromatic rings. The van der Waals surface area contributed by atoms with E-state index in [9.17, 15) is 45.3 Å². The van der Waals surface area contributed by atoms with Crippen molar-refractivity contribution in [1.29, 1.82) is 0 Å². The summed E-state index contributed by atoms with van der Waals surface area (Å²) in [6.07, 6.45) is -4.77. The summed E-state index contributed by atoms with van der Waals surface area (Å²) in [4.78, 5) is 25.5. The fraction of sp³-hybridized carbons (Fsp3) is 0.407. The zero-order valence-electron chi connectivity index (χ0n) is 21.2. The normalized spacial score (nSPS) is 24.3. The molecule has 12 nitrogen and oxygen atoms in total. The van der Waals surface area contributed by atoms with Gasteiger partial charge in [-0.1, -0.05) is 24.3 Å². The van der Waals surface area contributed by atoms with Gasteiger partial charge in [-0.3, -0.25) is 9.59 Å². The van der Waals surface area contributed by atoms with Crippen molar-refractivity contribution < 1.29 is 59.5 Å². The summed E-state index contributed by atoms with van der Waals surface area (Å²) in [5.74, 6) is -3.74. The van der Waals surface area contributed by atoms with Gasteiger partial charge in [0.1, 0.15) is 42.7 Å². The Morgan fingerprint density at radius 3 is 2.26 bits per heavy atom. The third kappa shape index (κ3) is 7.53. The Kier molecular flexibility index (Phi) is 9.67. The molecule has 0 amide bonds. The molecule has 1 heterocycles. The maximum Gasteiger partial charge on any atom is 0.320 e. The maximum absolute atomic E-state index is 12.8. The van der Waals surface area contributed by atoms with Crippen LogP contribution in [-0.2, 0) is 25.7 Å². The second-order valence-electron chi connectivity index (χ2n) is 9.64. The molecule has 1 aliphatic rings. The lowest BCUT2D eigenvalue weighted by molar-refractivity contribution is -0.277. The van der Waals surface area contributed by atoms with Crippen molar-refractivity contribution in [3.05, 3.63) is 59.7 Å². The molecule has 3 rings (SSSR count). The number of aromatic hydroxyl groups is 2. The molecule has 1 aliphatic heterocycles. The lowest BCUT2D eigenvalue weighted by atomic mass is 9.87. The highest BCUT2D eigenvalue weighted by molar-refractivity contribution is 6.07. The average molecular weight is 549 g/mol. The fourth-order valence-electron chi connectivity index (χ4n) is 3.87.